The highest BCUT2D eigenvalue weighted by atomic mass is 35.5. The number of aliphatic carboxylic acids is 1. The predicted molar refractivity (Wildman–Crippen MR) is 102 cm³/mol. The molecular weight excluding hydrogens is 350 g/mol. The average molecular weight is 374 g/mol. The molecule has 138 valence electrons. The van der Waals surface area contributed by atoms with E-state index in [-0.39, 0.29) is 18.3 Å². The first-order chi connectivity index (χ1) is 12.5. The number of benzene rings is 1. The summed E-state index contributed by atoms with van der Waals surface area (Å²) in [5, 5.41) is 18.0. The van der Waals surface area contributed by atoms with Crippen LogP contribution in [0, 0.1) is 23.2 Å². The van der Waals surface area contributed by atoms with Gasteiger partial charge in [-0.05, 0) is 42.9 Å². The number of carbonyl (C=O) groups excluding carboxylic acids is 1. The second-order valence-corrected chi connectivity index (χ2v) is 7.24. The minimum absolute atomic E-state index is 0.0691. The smallest absolute Gasteiger partial charge is 0.303 e. The number of carboxylic acid groups (broad SMARTS) is 1. The number of unbranched alkanes of at least 4 members (excludes halogenated alkanes) is 3. The number of Topliss-reactive ketones (excluding diaryl/α,β-unsaturated/α-hetero) is 1. The molecule has 0 amide bonds. The standard InChI is InChI=1S/C21H24ClNO3/c22-19-13-15(8-10-17(19)14-23)7-9-16-11-12-20(24)18(16)5-3-1-2-4-6-21(25)26/h7-10,13,16,18H,1-6,11-12H2,(H,25,26). The van der Waals surface area contributed by atoms with Crippen LogP contribution >= 0.6 is 11.6 Å². The Kier molecular flexibility index (Phi) is 7.87. The van der Waals surface area contributed by atoms with Crippen LogP contribution in [-0.2, 0) is 9.59 Å². The molecule has 4 nitrogen and oxygen atoms in total. The molecule has 0 aromatic heterocycles. The molecule has 1 aromatic carbocycles. The van der Waals surface area contributed by atoms with Crippen LogP contribution in [0.3, 0.4) is 0 Å². The summed E-state index contributed by atoms with van der Waals surface area (Å²) in [7, 11) is 0. The van der Waals surface area contributed by atoms with Gasteiger partial charge in [0.25, 0.3) is 0 Å². The molecule has 26 heavy (non-hydrogen) atoms. The largest absolute Gasteiger partial charge is 0.481 e. The molecule has 1 aliphatic rings. The van der Waals surface area contributed by atoms with Crippen LogP contribution in [0.15, 0.2) is 24.3 Å². The summed E-state index contributed by atoms with van der Waals surface area (Å²) in [6, 6.07) is 7.37. The first-order valence-electron chi connectivity index (χ1n) is 9.13. The third-order valence-corrected chi connectivity index (χ3v) is 5.27. The van der Waals surface area contributed by atoms with E-state index in [1.165, 1.54) is 0 Å². The lowest BCUT2D eigenvalue weighted by Crippen LogP contribution is -2.13. The van der Waals surface area contributed by atoms with Crippen molar-refractivity contribution in [3.05, 3.63) is 40.4 Å². The van der Waals surface area contributed by atoms with E-state index in [0.29, 0.717) is 29.2 Å². The Morgan fingerprint density at radius 1 is 1.31 bits per heavy atom. The minimum atomic E-state index is -0.746. The summed E-state index contributed by atoms with van der Waals surface area (Å²) in [5.74, 6) is -0.0948. The lowest BCUT2D eigenvalue weighted by Gasteiger charge is -2.14. The Hall–Kier alpha value is -2.12. The first-order valence-corrected chi connectivity index (χ1v) is 9.51. The molecule has 1 aliphatic carbocycles. The van der Waals surface area contributed by atoms with Crippen molar-refractivity contribution in [3.63, 3.8) is 0 Å². The fourth-order valence-electron chi connectivity index (χ4n) is 3.49. The number of rotatable bonds is 9. The van der Waals surface area contributed by atoms with Gasteiger partial charge in [0.15, 0.2) is 0 Å². The van der Waals surface area contributed by atoms with Crippen molar-refractivity contribution in [3.8, 4) is 6.07 Å². The Morgan fingerprint density at radius 2 is 2.08 bits per heavy atom. The molecule has 0 radical (unpaired) electrons. The number of allylic oxidation sites excluding steroid dienone is 1. The quantitative estimate of drug-likeness (QED) is 0.600. The third-order valence-electron chi connectivity index (χ3n) is 4.96. The van der Waals surface area contributed by atoms with Gasteiger partial charge in [-0.25, -0.2) is 0 Å². The molecule has 0 heterocycles. The Bertz CT molecular complexity index is 720. The SMILES string of the molecule is N#Cc1ccc(C=CC2CCC(=O)C2CCCCCCC(=O)O)cc1Cl. The molecule has 0 bridgehead atoms. The normalized spacial score (nSPS) is 19.8. The summed E-state index contributed by atoms with van der Waals surface area (Å²) in [6.45, 7) is 0. The average Bonchev–Trinajstić information content (AvgIpc) is 2.96. The van der Waals surface area contributed by atoms with E-state index in [9.17, 15) is 9.59 Å². The molecule has 1 aromatic rings. The monoisotopic (exact) mass is 373 g/mol. The second-order valence-electron chi connectivity index (χ2n) is 6.83. The highest BCUT2D eigenvalue weighted by molar-refractivity contribution is 6.31. The van der Waals surface area contributed by atoms with Gasteiger partial charge >= 0.3 is 5.97 Å². The third kappa shape index (κ3) is 6.00. The van der Waals surface area contributed by atoms with Crippen molar-refractivity contribution < 1.29 is 14.7 Å². The molecule has 5 heteroatoms. The molecule has 2 unspecified atom stereocenters. The van der Waals surface area contributed by atoms with E-state index >= 15 is 0 Å². The molecule has 0 spiro atoms. The van der Waals surface area contributed by atoms with Crippen molar-refractivity contribution >= 4 is 29.4 Å². The maximum Gasteiger partial charge on any atom is 0.303 e. The zero-order valence-electron chi connectivity index (χ0n) is 14.8. The molecule has 1 fully saturated rings. The van der Waals surface area contributed by atoms with Crippen molar-refractivity contribution in [2.24, 2.45) is 11.8 Å². The van der Waals surface area contributed by atoms with Crippen LogP contribution in [-0.4, -0.2) is 16.9 Å². The summed E-state index contributed by atoms with van der Waals surface area (Å²) in [4.78, 5) is 22.7. The van der Waals surface area contributed by atoms with E-state index in [1.54, 1.807) is 12.1 Å². The van der Waals surface area contributed by atoms with Crippen molar-refractivity contribution in [1.29, 1.82) is 5.26 Å². The Morgan fingerprint density at radius 3 is 2.77 bits per heavy atom. The number of nitrogens with zero attached hydrogens (tertiary/aromatic N) is 1. The van der Waals surface area contributed by atoms with Crippen LogP contribution < -0.4 is 0 Å². The van der Waals surface area contributed by atoms with Crippen LogP contribution in [0.2, 0.25) is 5.02 Å². The lowest BCUT2D eigenvalue weighted by atomic mass is 9.89. The fraction of sp³-hybridized carbons (Fsp3) is 0.476. The highest BCUT2D eigenvalue weighted by Gasteiger charge is 2.32. The molecule has 2 rings (SSSR count). The predicted octanol–water partition coefficient (Wildman–Crippen LogP) is 5.25. The van der Waals surface area contributed by atoms with E-state index in [0.717, 1.165) is 37.7 Å². The topological polar surface area (TPSA) is 78.2 Å². The summed E-state index contributed by atoms with van der Waals surface area (Å²) in [5.41, 5.74) is 1.39. The van der Waals surface area contributed by atoms with Crippen molar-refractivity contribution in [2.45, 2.75) is 51.4 Å². The van der Waals surface area contributed by atoms with Crippen molar-refractivity contribution in [1.82, 2.24) is 0 Å². The number of hydrogen-bond acceptors (Lipinski definition) is 3. The number of nitriles is 1. The highest BCUT2D eigenvalue weighted by Crippen LogP contribution is 2.34. The minimum Gasteiger partial charge on any atom is -0.481 e. The van der Waals surface area contributed by atoms with Gasteiger partial charge in [-0.1, -0.05) is 49.1 Å². The molecule has 2 atom stereocenters. The van der Waals surface area contributed by atoms with Crippen LogP contribution in [0.25, 0.3) is 6.08 Å². The van der Waals surface area contributed by atoms with Gasteiger partial charge in [-0.3, -0.25) is 9.59 Å². The Labute approximate surface area is 159 Å². The summed E-state index contributed by atoms with van der Waals surface area (Å²) >= 11 is 6.06. The number of hydrogen-bond donors (Lipinski definition) is 1. The number of halogens is 1. The van der Waals surface area contributed by atoms with E-state index in [1.807, 2.05) is 18.2 Å². The van der Waals surface area contributed by atoms with Crippen LogP contribution in [0.5, 0.6) is 0 Å². The van der Waals surface area contributed by atoms with E-state index in [4.69, 9.17) is 22.0 Å². The molecule has 1 saturated carbocycles. The maximum atomic E-state index is 12.2. The van der Waals surface area contributed by atoms with Gasteiger partial charge in [0.05, 0.1) is 10.6 Å². The van der Waals surface area contributed by atoms with Gasteiger partial charge in [-0.15, -0.1) is 0 Å². The van der Waals surface area contributed by atoms with Gasteiger partial charge in [0.2, 0.25) is 0 Å². The fourth-order valence-corrected chi connectivity index (χ4v) is 3.73. The zero-order chi connectivity index (χ0) is 18.9. The summed E-state index contributed by atoms with van der Waals surface area (Å²) < 4.78 is 0. The van der Waals surface area contributed by atoms with E-state index < -0.39 is 5.97 Å². The van der Waals surface area contributed by atoms with Crippen molar-refractivity contribution in [2.75, 3.05) is 0 Å². The number of carboxylic acids is 1. The Balaban J connectivity index is 1.85. The van der Waals surface area contributed by atoms with Gasteiger partial charge in [-0.2, -0.15) is 5.26 Å². The molecule has 0 saturated heterocycles. The first kappa shape index (κ1) is 20.2. The van der Waals surface area contributed by atoms with Crippen LogP contribution in [0.1, 0.15) is 62.5 Å². The summed E-state index contributed by atoms with van der Waals surface area (Å²) in [6.07, 6.45) is 10.2. The van der Waals surface area contributed by atoms with Gasteiger partial charge in [0.1, 0.15) is 11.9 Å². The number of carbonyl (C=O) groups is 2. The molecule has 0 aliphatic heterocycles. The lowest BCUT2D eigenvalue weighted by molar-refractivity contribution is -0.137. The maximum absolute atomic E-state index is 12.2. The molecular formula is C21H24ClNO3. The van der Waals surface area contributed by atoms with Gasteiger partial charge < -0.3 is 5.11 Å². The second kappa shape index (κ2) is 10.1. The number of ketones is 1. The van der Waals surface area contributed by atoms with E-state index in [2.05, 4.69) is 6.08 Å². The van der Waals surface area contributed by atoms with Gasteiger partial charge in [0, 0.05) is 18.8 Å². The zero-order valence-corrected chi connectivity index (χ0v) is 15.5. The molecule has 1 N–H and O–H groups in total. The van der Waals surface area contributed by atoms with Crippen LogP contribution in [0.4, 0.5) is 0 Å².